The van der Waals surface area contributed by atoms with E-state index in [2.05, 4.69) is 10.2 Å². The van der Waals surface area contributed by atoms with Crippen molar-refractivity contribution < 1.29 is 17.9 Å². The van der Waals surface area contributed by atoms with Crippen LogP contribution in [0.4, 0.5) is 5.82 Å². The van der Waals surface area contributed by atoms with E-state index in [1.165, 1.54) is 17.5 Å². The predicted molar refractivity (Wildman–Crippen MR) is 138 cm³/mol. The van der Waals surface area contributed by atoms with Crippen molar-refractivity contribution in [2.45, 2.75) is 31.3 Å². The van der Waals surface area contributed by atoms with Gasteiger partial charge in [-0.3, -0.25) is 9.69 Å². The van der Waals surface area contributed by atoms with E-state index >= 15 is 0 Å². The van der Waals surface area contributed by atoms with Crippen molar-refractivity contribution in [1.29, 1.82) is 0 Å². The number of piperazine rings is 1. The molecule has 3 aromatic rings. The summed E-state index contributed by atoms with van der Waals surface area (Å²) in [5.41, 5.74) is 6.37. The molecule has 10 nitrogen and oxygen atoms in total. The zero-order valence-electron chi connectivity index (χ0n) is 20.7. The minimum absolute atomic E-state index is 0.0145. The summed E-state index contributed by atoms with van der Waals surface area (Å²) in [6, 6.07) is 13.5. The molecule has 1 aliphatic rings. The average molecular weight is 513 g/mol. The lowest BCUT2D eigenvalue weighted by Gasteiger charge is -2.33. The van der Waals surface area contributed by atoms with Gasteiger partial charge in [0.1, 0.15) is 23.4 Å². The average Bonchev–Trinajstić information content (AvgIpc) is 2.87. The summed E-state index contributed by atoms with van der Waals surface area (Å²) in [5, 5.41) is 4.02. The number of rotatable bonds is 9. The third-order valence-electron chi connectivity index (χ3n) is 6.29. The van der Waals surface area contributed by atoms with E-state index in [1.807, 2.05) is 38.1 Å². The molecule has 0 bridgehead atoms. The molecule has 1 aliphatic heterocycles. The van der Waals surface area contributed by atoms with Crippen molar-refractivity contribution in [3.63, 3.8) is 0 Å². The van der Waals surface area contributed by atoms with Crippen molar-refractivity contribution in [2.75, 3.05) is 38.6 Å². The number of nitrogens with zero attached hydrogens (tertiary/aromatic N) is 4. The Balaban J connectivity index is 1.49. The van der Waals surface area contributed by atoms with Gasteiger partial charge in [0.05, 0.1) is 24.1 Å². The highest BCUT2D eigenvalue weighted by atomic mass is 32.2. The van der Waals surface area contributed by atoms with Crippen LogP contribution in [0.5, 0.6) is 5.75 Å². The highest BCUT2D eigenvalue weighted by Gasteiger charge is 2.29. The number of primary amides is 1. The number of nitrogens with two attached hydrogens (primary N) is 1. The van der Waals surface area contributed by atoms with Crippen LogP contribution >= 0.6 is 0 Å². The fraction of sp³-hybridized carbons (Fsp3) is 0.400. The van der Waals surface area contributed by atoms with Crippen LogP contribution in [0, 0.1) is 5.92 Å². The van der Waals surface area contributed by atoms with Crippen LogP contribution < -0.4 is 15.8 Å². The van der Waals surface area contributed by atoms with Gasteiger partial charge in [0.25, 0.3) is 0 Å². The van der Waals surface area contributed by atoms with Gasteiger partial charge in [-0.2, -0.15) is 4.31 Å². The maximum Gasteiger partial charge on any atom is 0.243 e. The van der Waals surface area contributed by atoms with Crippen LogP contribution in [0.3, 0.4) is 0 Å². The molecule has 0 unspecified atom stereocenters. The fourth-order valence-corrected chi connectivity index (χ4v) is 5.72. The second-order valence-electron chi connectivity index (χ2n) is 9.13. The molecule has 192 valence electrons. The van der Waals surface area contributed by atoms with Crippen LogP contribution in [-0.4, -0.2) is 72.8 Å². The molecular formula is C25H32N6O4S. The number of ether oxygens (including phenoxy) is 1. The number of methoxy groups -OCH3 is 1. The third kappa shape index (κ3) is 5.58. The minimum atomic E-state index is -3.61. The maximum atomic E-state index is 13.1. The first kappa shape index (κ1) is 25.8. The summed E-state index contributed by atoms with van der Waals surface area (Å²) in [4.78, 5) is 23.7. The molecular weight excluding hydrogens is 480 g/mol. The highest BCUT2D eigenvalue weighted by molar-refractivity contribution is 7.89. The molecule has 1 aromatic heterocycles. The van der Waals surface area contributed by atoms with E-state index in [0.29, 0.717) is 50.1 Å². The van der Waals surface area contributed by atoms with Crippen LogP contribution in [-0.2, 0) is 21.4 Å². The monoisotopic (exact) mass is 512 g/mol. The molecule has 1 amide bonds. The summed E-state index contributed by atoms with van der Waals surface area (Å²) in [6.45, 7) is 6.09. The van der Waals surface area contributed by atoms with Gasteiger partial charge < -0.3 is 15.8 Å². The lowest BCUT2D eigenvalue weighted by Crippen LogP contribution is -2.48. The van der Waals surface area contributed by atoms with Crippen molar-refractivity contribution >= 4 is 32.7 Å². The lowest BCUT2D eigenvalue weighted by atomic mass is 10.0. The molecule has 4 rings (SSSR count). The van der Waals surface area contributed by atoms with Gasteiger partial charge in [-0.15, -0.1) is 0 Å². The zero-order chi connectivity index (χ0) is 25.9. The number of nitrogens with one attached hydrogen (secondary N) is 1. The smallest absolute Gasteiger partial charge is 0.243 e. The summed E-state index contributed by atoms with van der Waals surface area (Å²) >= 11 is 0. The molecule has 2 heterocycles. The number of anilines is 1. The number of amides is 1. The fourth-order valence-electron chi connectivity index (χ4n) is 4.26. The molecule has 1 fully saturated rings. The summed E-state index contributed by atoms with van der Waals surface area (Å²) in [5.74, 6) is 1.20. The van der Waals surface area contributed by atoms with Gasteiger partial charge >= 0.3 is 0 Å². The van der Waals surface area contributed by atoms with Gasteiger partial charge in [0.15, 0.2) is 0 Å². The summed E-state index contributed by atoms with van der Waals surface area (Å²) in [6.07, 6.45) is 0. The molecule has 1 saturated heterocycles. The molecule has 0 aliphatic carbocycles. The number of carbonyl (C=O) groups excluding carboxylic acids is 1. The zero-order valence-corrected chi connectivity index (χ0v) is 21.5. The van der Waals surface area contributed by atoms with Crippen molar-refractivity contribution in [2.24, 2.45) is 11.7 Å². The lowest BCUT2D eigenvalue weighted by molar-refractivity contribution is -0.119. The number of carbonyl (C=O) groups is 1. The topological polar surface area (TPSA) is 131 Å². The minimum Gasteiger partial charge on any atom is -0.497 e. The quantitative estimate of drug-likeness (QED) is 0.446. The van der Waals surface area contributed by atoms with Crippen LogP contribution in [0.2, 0.25) is 0 Å². The number of aromatic nitrogens is 2. The predicted octanol–water partition coefficient (Wildman–Crippen LogP) is 2.07. The van der Waals surface area contributed by atoms with Crippen LogP contribution in [0.15, 0.2) is 53.4 Å². The van der Waals surface area contributed by atoms with Gasteiger partial charge in [0, 0.05) is 37.6 Å². The van der Waals surface area contributed by atoms with Gasteiger partial charge in [-0.25, -0.2) is 18.4 Å². The largest absolute Gasteiger partial charge is 0.497 e. The van der Waals surface area contributed by atoms with Gasteiger partial charge in [0.2, 0.25) is 15.9 Å². The first-order valence-electron chi connectivity index (χ1n) is 11.9. The van der Waals surface area contributed by atoms with E-state index in [-0.39, 0.29) is 10.8 Å². The molecule has 0 saturated carbocycles. The van der Waals surface area contributed by atoms with Gasteiger partial charge in [-0.1, -0.05) is 32.0 Å². The molecule has 3 N–H and O–H groups in total. The van der Waals surface area contributed by atoms with E-state index in [9.17, 15) is 13.2 Å². The number of benzene rings is 2. The Morgan fingerprint density at radius 2 is 1.81 bits per heavy atom. The van der Waals surface area contributed by atoms with E-state index in [0.717, 1.165) is 10.9 Å². The summed E-state index contributed by atoms with van der Waals surface area (Å²) in [7, 11) is -2.10. The van der Waals surface area contributed by atoms with Crippen molar-refractivity contribution in [1.82, 2.24) is 19.2 Å². The summed E-state index contributed by atoms with van der Waals surface area (Å²) < 4.78 is 32.9. The Bertz CT molecular complexity index is 1340. The second kappa shape index (κ2) is 10.8. The molecule has 36 heavy (non-hydrogen) atoms. The first-order chi connectivity index (χ1) is 17.2. The standard InChI is InChI=1S/C25H32N6O4S/c1-17(2)23(24(26)32)29-25-20-9-4-5-10-21(20)27-22(28-25)16-30-11-13-31(14-12-30)36(33,34)19-8-6-7-18(15-19)35-3/h4-10,15,17,23H,11-14,16H2,1-3H3,(H2,26,32)(H,27,28,29)/t23-/m0/s1. The van der Waals surface area contributed by atoms with Gasteiger partial charge in [-0.05, 0) is 30.2 Å². The highest BCUT2D eigenvalue weighted by Crippen LogP contribution is 2.24. The van der Waals surface area contributed by atoms with Crippen molar-refractivity contribution in [3.05, 3.63) is 54.4 Å². The Morgan fingerprint density at radius 3 is 2.47 bits per heavy atom. The normalized spacial score (nSPS) is 16.2. The molecule has 0 spiro atoms. The molecule has 11 heteroatoms. The van der Waals surface area contributed by atoms with Crippen molar-refractivity contribution in [3.8, 4) is 5.75 Å². The van der Waals surface area contributed by atoms with E-state index in [4.69, 9.17) is 20.4 Å². The van der Waals surface area contributed by atoms with E-state index in [1.54, 1.807) is 18.2 Å². The molecule has 2 aromatic carbocycles. The molecule has 1 atom stereocenters. The number of hydrogen-bond acceptors (Lipinski definition) is 8. The SMILES string of the molecule is COc1cccc(S(=O)(=O)N2CCN(Cc3nc(N[C@H](C(N)=O)C(C)C)c4ccccc4n3)CC2)c1. The number of fused-ring (bicyclic) bond motifs is 1. The first-order valence-corrected chi connectivity index (χ1v) is 13.3. The van der Waals surface area contributed by atoms with Crippen LogP contribution in [0.1, 0.15) is 19.7 Å². The molecule has 0 radical (unpaired) electrons. The van der Waals surface area contributed by atoms with Crippen LogP contribution in [0.25, 0.3) is 10.9 Å². The Hall–Kier alpha value is -3.28. The Morgan fingerprint density at radius 1 is 1.08 bits per heavy atom. The number of sulfonamides is 1. The maximum absolute atomic E-state index is 13.1. The Labute approximate surface area is 211 Å². The second-order valence-corrected chi connectivity index (χ2v) is 11.1. The number of para-hydroxylation sites is 1. The van der Waals surface area contributed by atoms with E-state index < -0.39 is 22.0 Å². The number of hydrogen-bond donors (Lipinski definition) is 2. The Kier molecular flexibility index (Phi) is 7.72. The third-order valence-corrected chi connectivity index (χ3v) is 8.18.